The van der Waals surface area contributed by atoms with Gasteiger partial charge in [0.2, 0.25) is 0 Å². The molecule has 0 spiro atoms. The molecule has 9 rings (SSSR count). The van der Waals surface area contributed by atoms with Crippen LogP contribution in [-0.2, 0) is 11.8 Å². The summed E-state index contributed by atoms with van der Waals surface area (Å²) in [5, 5.41) is 21.0. The Kier molecular flexibility index (Phi) is 5.71. The van der Waals surface area contributed by atoms with Crippen LogP contribution >= 0.6 is 11.3 Å². The van der Waals surface area contributed by atoms with Crippen LogP contribution < -0.4 is 4.90 Å². The minimum atomic E-state index is -0.0217. The maximum absolute atomic E-state index is 10.0. The number of nitrogens with zero attached hydrogens (tertiary/aromatic N) is 3. The van der Waals surface area contributed by atoms with E-state index in [1.54, 1.807) is 0 Å². The van der Waals surface area contributed by atoms with Gasteiger partial charge in [0.05, 0.1) is 29.3 Å². The number of fused-ring (bicyclic) bond motifs is 9. The van der Waals surface area contributed by atoms with Gasteiger partial charge in [-0.1, -0.05) is 69.3 Å². The normalized spacial score (nSPS) is 21.1. The summed E-state index contributed by atoms with van der Waals surface area (Å²) in [5.41, 5.74) is 14.0. The van der Waals surface area contributed by atoms with Gasteiger partial charge < -0.3 is 4.90 Å². The highest BCUT2D eigenvalue weighted by molar-refractivity contribution is 7.19. The lowest BCUT2D eigenvalue weighted by molar-refractivity contribution is 0.661. The molecule has 0 saturated carbocycles. The Labute approximate surface area is 273 Å². The molecular weight excluding hydrogens is 579 g/mol. The monoisotopic (exact) mass is 609 g/mol. The zero-order valence-electron chi connectivity index (χ0n) is 26.0. The SMILES string of the molecule is CC1Cc2sc3cc4c(cc3c2C=C1c1cc(C#N)ccc1N1c2ccc(C#N)cc2C2C=CC=CC21)-c1ccccc1C4(C)C. The Morgan fingerprint density at radius 3 is 2.39 bits per heavy atom. The molecule has 2 heterocycles. The number of nitriles is 2. The molecule has 4 heteroatoms. The predicted molar refractivity (Wildman–Crippen MR) is 189 cm³/mol. The van der Waals surface area contributed by atoms with Crippen molar-refractivity contribution < 1.29 is 0 Å². The Morgan fingerprint density at radius 1 is 0.804 bits per heavy atom. The minimum absolute atomic E-state index is 0.0217. The number of thiophene rings is 1. The molecule has 3 aliphatic carbocycles. The third-order valence-corrected chi connectivity index (χ3v) is 11.9. The molecule has 4 aliphatic rings. The van der Waals surface area contributed by atoms with E-state index in [-0.39, 0.29) is 23.3 Å². The van der Waals surface area contributed by atoms with Gasteiger partial charge in [0.1, 0.15) is 0 Å². The summed E-state index contributed by atoms with van der Waals surface area (Å²) in [7, 11) is 0. The van der Waals surface area contributed by atoms with Crippen LogP contribution in [0.2, 0.25) is 0 Å². The van der Waals surface area contributed by atoms with Crippen LogP contribution in [0.25, 0.3) is 32.9 Å². The maximum atomic E-state index is 10.0. The van der Waals surface area contributed by atoms with Gasteiger partial charge in [0.25, 0.3) is 0 Å². The molecule has 0 N–H and O–H groups in total. The average Bonchev–Trinajstić information content (AvgIpc) is 3.67. The Bertz CT molecular complexity index is 2330. The van der Waals surface area contributed by atoms with Gasteiger partial charge in [0.15, 0.2) is 0 Å². The minimum Gasteiger partial charge on any atom is -0.333 e. The number of rotatable bonds is 2. The molecule has 0 radical (unpaired) electrons. The molecule has 46 heavy (non-hydrogen) atoms. The van der Waals surface area contributed by atoms with E-state index < -0.39 is 0 Å². The molecule has 3 unspecified atom stereocenters. The van der Waals surface area contributed by atoms with Crippen molar-refractivity contribution in [3.63, 3.8) is 0 Å². The van der Waals surface area contributed by atoms with Gasteiger partial charge in [-0.05, 0) is 106 Å². The van der Waals surface area contributed by atoms with E-state index >= 15 is 0 Å². The van der Waals surface area contributed by atoms with Gasteiger partial charge >= 0.3 is 0 Å². The van der Waals surface area contributed by atoms with Gasteiger partial charge in [-0.2, -0.15) is 10.5 Å². The van der Waals surface area contributed by atoms with E-state index in [0.29, 0.717) is 11.1 Å². The molecule has 1 aliphatic heterocycles. The van der Waals surface area contributed by atoms with Crippen molar-refractivity contribution in [2.45, 2.75) is 44.6 Å². The van der Waals surface area contributed by atoms with Crippen molar-refractivity contribution in [3.05, 3.63) is 141 Å². The van der Waals surface area contributed by atoms with Crippen molar-refractivity contribution >= 4 is 44.4 Å². The van der Waals surface area contributed by atoms with E-state index in [4.69, 9.17) is 0 Å². The second-order valence-electron chi connectivity index (χ2n) is 13.6. The van der Waals surface area contributed by atoms with Crippen LogP contribution in [0.3, 0.4) is 0 Å². The van der Waals surface area contributed by atoms with E-state index in [1.165, 1.54) is 53.9 Å². The van der Waals surface area contributed by atoms with E-state index in [1.807, 2.05) is 29.5 Å². The zero-order chi connectivity index (χ0) is 31.3. The average molecular weight is 610 g/mol. The van der Waals surface area contributed by atoms with Crippen molar-refractivity contribution in [1.82, 2.24) is 0 Å². The second-order valence-corrected chi connectivity index (χ2v) is 14.7. The lowest BCUT2D eigenvalue weighted by Gasteiger charge is -2.32. The molecule has 1 aromatic heterocycles. The van der Waals surface area contributed by atoms with Crippen LogP contribution in [-0.4, -0.2) is 6.04 Å². The standard InChI is InChI=1S/C42H31N3S/c1-24-16-40-33(34-20-30-27-8-4-6-10-35(27)42(2,3)36(30)21-41(34)46-40)19-29(24)32-18-26(23-44)13-15-39(32)45-37-11-7-5-9-28(37)31-17-25(22-43)12-14-38(31)45/h4-15,17-21,24,28,37H,16H2,1-3H3. The summed E-state index contributed by atoms with van der Waals surface area (Å²) in [6.45, 7) is 7.02. The number of benzene rings is 4. The maximum Gasteiger partial charge on any atom is 0.0991 e. The van der Waals surface area contributed by atoms with Gasteiger partial charge in [0, 0.05) is 43.2 Å². The number of hydrogen-bond donors (Lipinski definition) is 0. The van der Waals surface area contributed by atoms with Gasteiger partial charge in [-0.15, -0.1) is 11.3 Å². The van der Waals surface area contributed by atoms with Gasteiger partial charge in [-0.3, -0.25) is 0 Å². The molecule has 0 fully saturated rings. The molecular formula is C42H31N3S. The summed E-state index contributed by atoms with van der Waals surface area (Å²) in [6.07, 6.45) is 12.1. The Balaban J connectivity index is 1.24. The quantitative estimate of drug-likeness (QED) is 0.200. The van der Waals surface area contributed by atoms with Crippen LogP contribution in [0.4, 0.5) is 11.4 Å². The molecule has 3 nitrogen and oxygen atoms in total. The topological polar surface area (TPSA) is 50.8 Å². The van der Waals surface area contributed by atoms with Crippen LogP contribution in [0.1, 0.15) is 70.5 Å². The fourth-order valence-electron chi connectivity index (χ4n) is 8.44. The first-order chi connectivity index (χ1) is 22.4. The van der Waals surface area contributed by atoms with Gasteiger partial charge in [-0.25, -0.2) is 0 Å². The predicted octanol–water partition coefficient (Wildman–Crippen LogP) is 10.4. The van der Waals surface area contributed by atoms with Crippen molar-refractivity contribution in [3.8, 4) is 23.3 Å². The lowest BCUT2D eigenvalue weighted by atomic mass is 9.81. The van der Waals surface area contributed by atoms with Crippen LogP contribution in [0.15, 0.2) is 97.1 Å². The summed E-state index contributed by atoms with van der Waals surface area (Å²) in [5.74, 6) is 0.453. The second kappa shape index (κ2) is 9.67. The number of allylic oxidation sites excluding steroid dienone is 3. The van der Waals surface area contributed by atoms with E-state index in [2.05, 4.69) is 123 Å². The number of hydrogen-bond acceptors (Lipinski definition) is 4. The lowest BCUT2D eigenvalue weighted by Crippen LogP contribution is -2.29. The summed E-state index contributed by atoms with van der Waals surface area (Å²) in [6, 6.07) is 30.8. The fourth-order valence-corrected chi connectivity index (χ4v) is 9.77. The molecule has 220 valence electrons. The van der Waals surface area contributed by atoms with Crippen molar-refractivity contribution in [2.75, 3.05) is 4.90 Å². The van der Waals surface area contributed by atoms with Crippen molar-refractivity contribution in [2.24, 2.45) is 5.92 Å². The highest BCUT2D eigenvalue weighted by atomic mass is 32.1. The zero-order valence-corrected chi connectivity index (χ0v) is 26.8. The van der Waals surface area contributed by atoms with E-state index in [0.717, 1.165) is 23.4 Å². The summed E-state index contributed by atoms with van der Waals surface area (Å²) < 4.78 is 1.35. The van der Waals surface area contributed by atoms with E-state index in [9.17, 15) is 10.5 Å². The van der Waals surface area contributed by atoms with Crippen LogP contribution in [0.5, 0.6) is 0 Å². The highest BCUT2D eigenvalue weighted by Gasteiger charge is 2.40. The smallest absolute Gasteiger partial charge is 0.0991 e. The van der Waals surface area contributed by atoms with Crippen LogP contribution in [0, 0.1) is 28.6 Å². The fraction of sp³-hybridized carbons (Fsp3) is 0.190. The summed E-state index contributed by atoms with van der Waals surface area (Å²) in [4.78, 5) is 3.87. The molecule has 0 saturated heterocycles. The first kappa shape index (κ1) is 27.2. The molecule has 0 amide bonds. The van der Waals surface area contributed by atoms with Crippen molar-refractivity contribution in [1.29, 1.82) is 10.5 Å². The third-order valence-electron chi connectivity index (χ3n) is 10.7. The highest BCUT2D eigenvalue weighted by Crippen LogP contribution is 2.54. The summed E-state index contributed by atoms with van der Waals surface area (Å²) >= 11 is 1.94. The molecule has 0 bridgehead atoms. The first-order valence-corrected chi connectivity index (χ1v) is 16.8. The molecule has 4 aromatic carbocycles. The Morgan fingerprint density at radius 2 is 1.57 bits per heavy atom. The first-order valence-electron chi connectivity index (χ1n) is 16.0. The Hall–Kier alpha value is -5.16. The largest absolute Gasteiger partial charge is 0.333 e. The molecule has 3 atom stereocenters. The molecule has 5 aromatic rings. The third kappa shape index (κ3) is 3.69. The number of anilines is 2.